The summed E-state index contributed by atoms with van der Waals surface area (Å²) in [5, 5.41) is 0. The van der Waals surface area contributed by atoms with Gasteiger partial charge in [0.25, 0.3) is 0 Å². The lowest BCUT2D eigenvalue weighted by molar-refractivity contribution is -0.139. The summed E-state index contributed by atoms with van der Waals surface area (Å²) in [4.78, 5) is 11.1. The number of aryl methyl sites for hydroxylation is 1. The molecule has 0 aliphatic heterocycles. The average Bonchev–Trinajstić information content (AvgIpc) is 2.66. The van der Waals surface area contributed by atoms with Crippen LogP contribution in [0.4, 0.5) is 0 Å². The van der Waals surface area contributed by atoms with Crippen molar-refractivity contribution in [1.82, 2.24) is 0 Å². The average molecular weight is 373 g/mol. The third-order valence-corrected chi connectivity index (χ3v) is 4.49. The maximum Gasteiger partial charge on any atom is 0.333 e. The highest BCUT2D eigenvalue weighted by molar-refractivity contribution is 5.86. The van der Waals surface area contributed by atoms with Crippen molar-refractivity contribution in [1.29, 1.82) is 0 Å². The van der Waals surface area contributed by atoms with Gasteiger partial charge in [0, 0.05) is 5.57 Å². The molecular formula is C25H40O2. The molecule has 0 radical (unpaired) electrons. The van der Waals surface area contributed by atoms with Crippen molar-refractivity contribution in [2.75, 3.05) is 6.61 Å². The summed E-state index contributed by atoms with van der Waals surface area (Å²) < 4.78 is 5.04. The minimum atomic E-state index is -0.258. The van der Waals surface area contributed by atoms with Crippen molar-refractivity contribution < 1.29 is 9.53 Å². The number of ether oxygens (including phenoxy) is 1. The van der Waals surface area contributed by atoms with E-state index in [0.29, 0.717) is 12.2 Å². The molecule has 0 heterocycles. The van der Waals surface area contributed by atoms with Crippen LogP contribution < -0.4 is 0 Å². The fourth-order valence-electron chi connectivity index (χ4n) is 2.69. The van der Waals surface area contributed by atoms with Crippen molar-refractivity contribution in [2.24, 2.45) is 0 Å². The first-order valence-corrected chi connectivity index (χ1v) is 10.5. The van der Waals surface area contributed by atoms with Crippen LogP contribution in [0.3, 0.4) is 0 Å². The second-order valence-electron chi connectivity index (χ2n) is 7.16. The van der Waals surface area contributed by atoms with Crippen LogP contribution in [0.15, 0.2) is 43.0 Å². The molecule has 0 spiro atoms. The van der Waals surface area contributed by atoms with Crippen molar-refractivity contribution in [2.45, 2.75) is 85.0 Å². The SMILES string of the molecule is C=C(C)C(=O)OCCCCCCCCCCCC.C=Cc1ccccc1C. The van der Waals surface area contributed by atoms with E-state index in [-0.39, 0.29) is 5.97 Å². The summed E-state index contributed by atoms with van der Waals surface area (Å²) in [6, 6.07) is 8.19. The predicted molar refractivity (Wildman–Crippen MR) is 119 cm³/mol. The Morgan fingerprint density at radius 3 is 1.93 bits per heavy atom. The Labute approximate surface area is 167 Å². The highest BCUT2D eigenvalue weighted by Crippen LogP contribution is 2.10. The first-order chi connectivity index (χ1) is 13.0. The zero-order valence-corrected chi connectivity index (χ0v) is 17.9. The summed E-state index contributed by atoms with van der Waals surface area (Å²) >= 11 is 0. The minimum absolute atomic E-state index is 0.258. The molecule has 0 bridgehead atoms. The van der Waals surface area contributed by atoms with Gasteiger partial charge >= 0.3 is 5.97 Å². The van der Waals surface area contributed by atoms with E-state index in [4.69, 9.17) is 4.74 Å². The largest absolute Gasteiger partial charge is 0.462 e. The number of esters is 1. The third-order valence-electron chi connectivity index (χ3n) is 4.49. The molecule has 0 aliphatic carbocycles. The first kappa shape index (κ1) is 25.2. The molecule has 0 unspecified atom stereocenters. The van der Waals surface area contributed by atoms with Crippen LogP contribution in [-0.4, -0.2) is 12.6 Å². The number of hydrogen-bond acceptors (Lipinski definition) is 2. The van der Waals surface area contributed by atoms with E-state index >= 15 is 0 Å². The second-order valence-corrected chi connectivity index (χ2v) is 7.16. The van der Waals surface area contributed by atoms with Gasteiger partial charge in [-0.15, -0.1) is 0 Å². The molecule has 0 saturated carbocycles. The zero-order valence-electron chi connectivity index (χ0n) is 17.9. The fraction of sp³-hybridized carbons (Fsp3) is 0.560. The zero-order chi connectivity index (χ0) is 20.3. The topological polar surface area (TPSA) is 26.3 Å². The smallest absolute Gasteiger partial charge is 0.333 e. The van der Waals surface area contributed by atoms with E-state index in [2.05, 4.69) is 39.1 Å². The van der Waals surface area contributed by atoms with Gasteiger partial charge in [-0.1, -0.05) is 108 Å². The first-order valence-electron chi connectivity index (χ1n) is 10.5. The molecule has 0 saturated heterocycles. The lowest BCUT2D eigenvalue weighted by atomic mass is 10.1. The second kappa shape index (κ2) is 17.6. The maximum atomic E-state index is 11.1. The summed E-state index contributed by atoms with van der Waals surface area (Å²) in [6.07, 6.45) is 14.8. The Hall–Kier alpha value is -1.83. The van der Waals surface area contributed by atoms with Crippen LogP contribution in [0.1, 0.15) is 89.2 Å². The van der Waals surface area contributed by atoms with Crippen LogP contribution in [0, 0.1) is 6.92 Å². The van der Waals surface area contributed by atoms with Gasteiger partial charge in [0.05, 0.1) is 6.61 Å². The van der Waals surface area contributed by atoms with E-state index in [1.165, 1.54) is 68.9 Å². The molecule has 0 N–H and O–H groups in total. The number of hydrogen-bond donors (Lipinski definition) is 0. The van der Waals surface area contributed by atoms with Gasteiger partial charge < -0.3 is 4.74 Å². The molecule has 0 amide bonds. The third kappa shape index (κ3) is 15.0. The minimum Gasteiger partial charge on any atom is -0.462 e. The van der Waals surface area contributed by atoms with Crippen LogP contribution in [0.5, 0.6) is 0 Å². The van der Waals surface area contributed by atoms with E-state index in [1.807, 2.05) is 18.2 Å². The molecule has 27 heavy (non-hydrogen) atoms. The Balaban J connectivity index is 0.000000621. The van der Waals surface area contributed by atoms with Crippen LogP contribution in [0.2, 0.25) is 0 Å². The van der Waals surface area contributed by atoms with Gasteiger partial charge in [0.15, 0.2) is 0 Å². The van der Waals surface area contributed by atoms with E-state index in [0.717, 1.165) is 6.42 Å². The molecule has 2 heteroatoms. The lowest BCUT2D eigenvalue weighted by Crippen LogP contribution is -2.05. The van der Waals surface area contributed by atoms with Gasteiger partial charge in [-0.05, 0) is 31.4 Å². The number of benzene rings is 1. The molecule has 0 atom stereocenters. The number of carbonyl (C=O) groups is 1. The summed E-state index contributed by atoms with van der Waals surface area (Å²) in [5.41, 5.74) is 2.99. The standard InChI is InChI=1S/C16H30O2.C9H10/c1-4-5-6-7-8-9-10-11-12-13-14-18-16(17)15(2)3;1-3-9-7-5-4-6-8(9)2/h2,4-14H2,1,3H3;3-7H,1H2,2H3. The molecule has 0 aromatic heterocycles. The van der Waals surface area contributed by atoms with Crippen molar-refractivity contribution in [3.8, 4) is 0 Å². The Morgan fingerprint density at radius 1 is 0.963 bits per heavy atom. The molecular weight excluding hydrogens is 332 g/mol. The fourth-order valence-corrected chi connectivity index (χ4v) is 2.69. The van der Waals surface area contributed by atoms with Crippen molar-refractivity contribution >= 4 is 12.0 Å². The van der Waals surface area contributed by atoms with E-state index in [9.17, 15) is 4.79 Å². The summed E-state index contributed by atoms with van der Waals surface area (Å²) in [7, 11) is 0. The Morgan fingerprint density at radius 2 is 1.48 bits per heavy atom. The Bertz CT molecular complexity index is 531. The predicted octanol–water partition coefficient (Wildman–Crippen LogP) is 7.66. The highest BCUT2D eigenvalue weighted by Gasteiger charge is 2.01. The van der Waals surface area contributed by atoms with Gasteiger partial charge in [0.1, 0.15) is 0 Å². The molecule has 2 nitrogen and oxygen atoms in total. The van der Waals surface area contributed by atoms with E-state index in [1.54, 1.807) is 6.92 Å². The normalized spacial score (nSPS) is 9.89. The highest BCUT2D eigenvalue weighted by atomic mass is 16.5. The summed E-state index contributed by atoms with van der Waals surface area (Å²) in [6.45, 7) is 13.8. The molecule has 1 aromatic carbocycles. The number of rotatable bonds is 13. The van der Waals surface area contributed by atoms with Crippen LogP contribution in [0.25, 0.3) is 6.08 Å². The quantitative estimate of drug-likeness (QED) is 0.202. The van der Waals surface area contributed by atoms with Gasteiger partial charge in [0.2, 0.25) is 0 Å². The van der Waals surface area contributed by atoms with Gasteiger partial charge in [-0.3, -0.25) is 0 Å². The molecule has 1 aromatic rings. The maximum absolute atomic E-state index is 11.1. The molecule has 152 valence electrons. The molecule has 1 rings (SSSR count). The number of carbonyl (C=O) groups excluding carboxylic acids is 1. The van der Waals surface area contributed by atoms with Gasteiger partial charge in [-0.2, -0.15) is 0 Å². The van der Waals surface area contributed by atoms with Crippen LogP contribution >= 0.6 is 0 Å². The lowest BCUT2D eigenvalue weighted by Gasteiger charge is -2.04. The monoisotopic (exact) mass is 372 g/mol. The van der Waals surface area contributed by atoms with Crippen molar-refractivity contribution in [3.63, 3.8) is 0 Å². The van der Waals surface area contributed by atoms with Crippen molar-refractivity contribution in [3.05, 3.63) is 54.1 Å². The molecule has 0 fully saturated rings. The number of unbranched alkanes of at least 4 members (excludes halogenated alkanes) is 9. The van der Waals surface area contributed by atoms with E-state index < -0.39 is 0 Å². The Kier molecular flexibility index (Phi) is 16.4. The molecule has 0 aliphatic rings. The van der Waals surface area contributed by atoms with Crippen LogP contribution in [-0.2, 0) is 9.53 Å². The van der Waals surface area contributed by atoms with Gasteiger partial charge in [-0.25, -0.2) is 4.79 Å². The summed E-state index contributed by atoms with van der Waals surface area (Å²) in [5.74, 6) is -0.258.